The van der Waals surface area contributed by atoms with Gasteiger partial charge in [0.05, 0.1) is 22.3 Å². The normalized spacial score (nSPS) is 20.4. The van der Waals surface area contributed by atoms with E-state index in [9.17, 15) is 27.6 Å². The summed E-state index contributed by atoms with van der Waals surface area (Å²) in [6, 6.07) is 5.42. The average molecular weight is 566 g/mol. The smallest absolute Gasteiger partial charge is 0.370 e. The lowest BCUT2D eigenvalue weighted by Crippen LogP contribution is -2.49. The lowest BCUT2D eigenvalue weighted by molar-refractivity contribution is -0.148. The van der Waals surface area contributed by atoms with E-state index in [0.29, 0.717) is 36.1 Å². The Bertz CT molecular complexity index is 1400. The topological polar surface area (TPSA) is 90.9 Å². The Labute approximate surface area is 211 Å². The van der Waals surface area contributed by atoms with Gasteiger partial charge in [0.15, 0.2) is 11.6 Å². The average Bonchev–Trinajstić information content (AvgIpc) is 3.29. The maximum Gasteiger partial charge on any atom is 0.451 e. The first-order valence-electron chi connectivity index (χ1n) is 11.3. The van der Waals surface area contributed by atoms with Gasteiger partial charge >= 0.3 is 6.18 Å². The number of rotatable bonds is 2. The lowest BCUT2D eigenvalue weighted by Gasteiger charge is -2.40. The molecule has 2 aromatic heterocycles. The molecule has 2 atom stereocenters. The summed E-state index contributed by atoms with van der Waals surface area (Å²) in [5.41, 5.74) is 1.05. The summed E-state index contributed by atoms with van der Waals surface area (Å²) < 4.78 is 55.3. The summed E-state index contributed by atoms with van der Waals surface area (Å²) in [7, 11) is 0. The zero-order valence-electron chi connectivity index (χ0n) is 19.1. The van der Waals surface area contributed by atoms with E-state index in [-0.39, 0.29) is 53.2 Å². The predicted octanol–water partition coefficient (Wildman–Crippen LogP) is 4.12. The first kappa shape index (κ1) is 24.4. The van der Waals surface area contributed by atoms with Crippen molar-refractivity contribution < 1.29 is 22.4 Å². The van der Waals surface area contributed by atoms with Crippen molar-refractivity contribution in [3.05, 3.63) is 45.8 Å². The molecule has 0 aliphatic carbocycles. The summed E-state index contributed by atoms with van der Waals surface area (Å²) in [6.07, 6.45) is -2.77. The molecule has 1 aromatic carbocycles. The maximum absolute atomic E-state index is 14.7. The number of carbonyl (C=O) groups is 1. The van der Waals surface area contributed by atoms with E-state index in [0.717, 1.165) is 4.57 Å². The Balaban J connectivity index is 1.35. The van der Waals surface area contributed by atoms with Crippen LogP contribution in [0.4, 0.5) is 23.2 Å². The summed E-state index contributed by atoms with van der Waals surface area (Å²) in [4.78, 5) is 21.0. The van der Waals surface area contributed by atoms with Gasteiger partial charge in [-0.1, -0.05) is 6.92 Å². The largest absolute Gasteiger partial charge is 0.451 e. The van der Waals surface area contributed by atoms with Crippen molar-refractivity contribution in [3.63, 3.8) is 0 Å². The molecular weight excluding hydrogens is 546 g/mol. The Morgan fingerprint density at radius 3 is 2.69 bits per heavy atom. The second kappa shape index (κ2) is 8.99. The number of hydrogen-bond acceptors (Lipinski definition) is 6. The van der Waals surface area contributed by atoms with E-state index in [2.05, 4.69) is 37.2 Å². The Hall–Kier alpha value is -3.27. The fourth-order valence-corrected chi connectivity index (χ4v) is 5.44. The Morgan fingerprint density at radius 2 is 2.00 bits per heavy atom. The molecule has 5 rings (SSSR count). The molecule has 2 aliphatic rings. The number of fused-ring (bicyclic) bond motifs is 2. The predicted molar refractivity (Wildman–Crippen MR) is 124 cm³/mol. The van der Waals surface area contributed by atoms with Crippen molar-refractivity contribution in [3.8, 4) is 6.07 Å². The monoisotopic (exact) mass is 565 g/mol. The highest BCUT2D eigenvalue weighted by molar-refractivity contribution is 9.10. The fraction of sp³-hybridized carbons (Fsp3) is 0.435. The zero-order chi connectivity index (χ0) is 25.8. The molecule has 4 heterocycles. The van der Waals surface area contributed by atoms with Gasteiger partial charge in [-0.3, -0.25) is 9.78 Å². The molecule has 0 saturated carbocycles. The van der Waals surface area contributed by atoms with Crippen LogP contribution in [-0.4, -0.2) is 50.2 Å². The van der Waals surface area contributed by atoms with Crippen molar-refractivity contribution in [1.29, 1.82) is 5.26 Å². The summed E-state index contributed by atoms with van der Waals surface area (Å²) in [6.45, 7) is 2.91. The van der Waals surface area contributed by atoms with E-state index in [1.54, 1.807) is 12.1 Å². The Morgan fingerprint density at radius 1 is 1.22 bits per heavy atom. The van der Waals surface area contributed by atoms with Gasteiger partial charge < -0.3 is 14.4 Å². The quantitative estimate of drug-likeness (QED) is 0.434. The second-order valence-electron chi connectivity index (χ2n) is 9.06. The summed E-state index contributed by atoms with van der Waals surface area (Å²) >= 11 is 3.16. The number of aromatic nitrogens is 4. The fourth-order valence-electron chi connectivity index (χ4n) is 5.12. The zero-order valence-corrected chi connectivity index (χ0v) is 20.6. The number of pyridine rings is 1. The van der Waals surface area contributed by atoms with Crippen molar-refractivity contribution in [2.75, 3.05) is 24.5 Å². The molecular formula is C23H20BrF4N7O. The molecule has 0 spiro atoms. The molecule has 0 bridgehead atoms. The van der Waals surface area contributed by atoms with Crippen LogP contribution in [0.1, 0.15) is 30.6 Å². The van der Waals surface area contributed by atoms with Gasteiger partial charge in [0, 0.05) is 43.7 Å². The van der Waals surface area contributed by atoms with Gasteiger partial charge in [-0.05, 0) is 40.4 Å². The number of halogens is 5. The van der Waals surface area contributed by atoms with Gasteiger partial charge in [-0.25, -0.2) is 4.39 Å². The molecule has 0 N–H and O–H groups in total. The summed E-state index contributed by atoms with van der Waals surface area (Å²) in [5, 5.41) is 17.1. The molecule has 188 valence electrons. The number of carbonyl (C=O) groups excluding carboxylic acids is 1. The standard InChI is InChI=1S/C23H20BrF4N7O/c1-12-10-33(20-13(8-29)9-30-19-15(20)2-3-16(24)18(19)25)5-4-14(12)21(36)34-6-7-35-17(11-34)31-32-22(35)23(26,27)28/h2-3,9,12,14H,4-7,10-11H2,1H3/t12-,14+/m1/s1. The van der Waals surface area contributed by atoms with Gasteiger partial charge in [0.1, 0.15) is 11.6 Å². The molecule has 2 aliphatic heterocycles. The number of alkyl halides is 3. The highest BCUT2D eigenvalue weighted by Gasteiger charge is 2.41. The van der Waals surface area contributed by atoms with E-state index >= 15 is 0 Å². The van der Waals surface area contributed by atoms with E-state index in [1.807, 2.05) is 11.8 Å². The molecule has 13 heteroatoms. The highest BCUT2D eigenvalue weighted by Crippen LogP contribution is 2.37. The van der Waals surface area contributed by atoms with E-state index in [1.165, 1.54) is 11.1 Å². The molecule has 1 fully saturated rings. The maximum atomic E-state index is 14.7. The van der Waals surface area contributed by atoms with E-state index in [4.69, 9.17) is 0 Å². The van der Waals surface area contributed by atoms with Crippen LogP contribution in [-0.2, 0) is 24.1 Å². The number of nitrogens with zero attached hydrogens (tertiary/aromatic N) is 7. The van der Waals surface area contributed by atoms with Crippen LogP contribution in [0.5, 0.6) is 0 Å². The van der Waals surface area contributed by atoms with E-state index < -0.39 is 17.8 Å². The van der Waals surface area contributed by atoms with Crippen molar-refractivity contribution in [2.45, 2.75) is 32.6 Å². The first-order valence-corrected chi connectivity index (χ1v) is 12.1. The second-order valence-corrected chi connectivity index (χ2v) is 9.91. The van der Waals surface area contributed by atoms with Crippen LogP contribution < -0.4 is 4.90 Å². The number of nitriles is 1. The van der Waals surface area contributed by atoms with Crippen molar-refractivity contribution in [2.24, 2.45) is 11.8 Å². The molecule has 36 heavy (non-hydrogen) atoms. The van der Waals surface area contributed by atoms with Gasteiger partial charge in [-0.2, -0.15) is 18.4 Å². The molecule has 0 radical (unpaired) electrons. The third-order valence-corrected chi connectivity index (χ3v) is 7.49. The SMILES string of the molecule is C[C@@H]1CN(c2c(C#N)cnc3c(F)c(Br)ccc23)CC[C@@H]1C(=O)N1CCn2c(nnc2C(F)(F)F)C1. The Kier molecular flexibility index (Phi) is 6.10. The van der Waals surface area contributed by atoms with Crippen molar-refractivity contribution >= 4 is 38.4 Å². The minimum atomic E-state index is -4.60. The third kappa shape index (κ3) is 4.07. The number of hydrogen-bond donors (Lipinski definition) is 0. The van der Waals surface area contributed by atoms with Gasteiger partial charge in [0.25, 0.3) is 0 Å². The number of piperidine rings is 1. The number of anilines is 1. The van der Waals surface area contributed by atoms with Gasteiger partial charge in [0.2, 0.25) is 11.7 Å². The summed E-state index contributed by atoms with van der Waals surface area (Å²) in [5.74, 6) is -2.05. The van der Waals surface area contributed by atoms with Crippen LogP contribution in [0.25, 0.3) is 10.9 Å². The highest BCUT2D eigenvalue weighted by atomic mass is 79.9. The van der Waals surface area contributed by atoms with Crippen LogP contribution in [0.15, 0.2) is 22.8 Å². The van der Waals surface area contributed by atoms with Crippen LogP contribution in [0, 0.1) is 29.0 Å². The molecule has 1 amide bonds. The number of amides is 1. The molecule has 0 unspecified atom stereocenters. The van der Waals surface area contributed by atoms with Gasteiger partial charge in [-0.15, -0.1) is 10.2 Å². The molecule has 3 aromatic rings. The molecule has 8 nitrogen and oxygen atoms in total. The van der Waals surface area contributed by atoms with Crippen molar-refractivity contribution in [1.82, 2.24) is 24.6 Å². The van der Waals surface area contributed by atoms with Crippen LogP contribution in [0.3, 0.4) is 0 Å². The molecule has 1 saturated heterocycles. The number of benzene rings is 1. The third-order valence-electron chi connectivity index (χ3n) is 6.88. The minimum Gasteiger partial charge on any atom is -0.370 e. The van der Waals surface area contributed by atoms with Crippen LogP contribution >= 0.6 is 15.9 Å². The lowest BCUT2D eigenvalue weighted by atomic mass is 9.85. The van der Waals surface area contributed by atoms with Crippen LogP contribution in [0.2, 0.25) is 0 Å². The minimum absolute atomic E-state index is 0.0220. The first-order chi connectivity index (χ1) is 17.1.